The third-order valence-corrected chi connectivity index (χ3v) is 4.53. The van der Waals surface area contributed by atoms with Crippen LogP contribution in [0, 0.1) is 17.0 Å². The molecule has 0 aliphatic carbocycles. The first-order valence-corrected chi connectivity index (χ1v) is 8.02. The average molecular weight is 348 g/mol. The molecule has 0 bridgehead atoms. The molecular formula is C18H16N6O2. The van der Waals surface area contributed by atoms with Gasteiger partial charge in [0.15, 0.2) is 5.82 Å². The quantitative estimate of drug-likeness (QED) is 0.322. The van der Waals surface area contributed by atoms with Gasteiger partial charge in [-0.2, -0.15) is 0 Å². The number of nitro groups is 1. The first kappa shape index (κ1) is 15.9. The number of rotatable bonds is 3. The first-order chi connectivity index (χ1) is 12.4. The van der Waals surface area contributed by atoms with Crippen molar-refractivity contribution in [3.8, 4) is 0 Å². The number of hydrogen-bond donors (Lipinski definition) is 0. The van der Waals surface area contributed by atoms with Crippen LogP contribution in [0.2, 0.25) is 0 Å². The Morgan fingerprint density at radius 3 is 2.50 bits per heavy atom. The van der Waals surface area contributed by atoms with E-state index < -0.39 is 4.92 Å². The highest BCUT2D eigenvalue weighted by Crippen LogP contribution is 2.23. The van der Waals surface area contributed by atoms with E-state index in [2.05, 4.69) is 15.0 Å². The second-order valence-corrected chi connectivity index (χ2v) is 6.11. The fraction of sp³-hybridized carbons (Fsp3) is 0.167. The number of fused-ring (bicyclic) bond motifs is 2. The maximum atomic E-state index is 10.9. The van der Waals surface area contributed by atoms with Gasteiger partial charge >= 0.3 is 0 Å². The maximum absolute atomic E-state index is 10.9. The molecule has 4 rings (SSSR count). The Labute approximate surface area is 148 Å². The standard InChI is InChI=1S/C18H16N6O2/c1-11-20-14-8-12(4-6-16(14)22(11)2)19-10-18-21-15-9-13(24(25)26)5-7-17(15)23(18)3/h4-10H,1-3H3. The summed E-state index contributed by atoms with van der Waals surface area (Å²) in [6.07, 6.45) is 1.66. The van der Waals surface area contributed by atoms with Crippen molar-refractivity contribution in [1.82, 2.24) is 19.1 Å². The molecule has 0 saturated heterocycles. The Morgan fingerprint density at radius 2 is 1.73 bits per heavy atom. The van der Waals surface area contributed by atoms with Gasteiger partial charge in [-0.05, 0) is 31.2 Å². The van der Waals surface area contributed by atoms with Crippen molar-refractivity contribution in [3.63, 3.8) is 0 Å². The number of benzene rings is 2. The molecule has 0 aliphatic heterocycles. The summed E-state index contributed by atoms with van der Waals surface area (Å²) in [6, 6.07) is 10.5. The minimum Gasteiger partial charge on any atom is -0.331 e. The van der Waals surface area contributed by atoms with E-state index in [9.17, 15) is 10.1 Å². The van der Waals surface area contributed by atoms with Crippen molar-refractivity contribution in [2.24, 2.45) is 19.1 Å². The smallest absolute Gasteiger partial charge is 0.271 e. The third kappa shape index (κ3) is 2.52. The monoisotopic (exact) mass is 348 g/mol. The van der Waals surface area contributed by atoms with E-state index in [0.29, 0.717) is 11.3 Å². The van der Waals surface area contributed by atoms with E-state index in [1.165, 1.54) is 12.1 Å². The molecule has 0 unspecified atom stereocenters. The summed E-state index contributed by atoms with van der Waals surface area (Å²) in [5.74, 6) is 1.57. The number of imidazole rings is 2. The highest BCUT2D eigenvalue weighted by molar-refractivity contribution is 5.88. The van der Waals surface area contributed by atoms with Gasteiger partial charge in [-0.25, -0.2) is 9.97 Å². The molecule has 8 nitrogen and oxygen atoms in total. The molecule has 26 heavy (non-hydrogen) atoms. The van der Waals surface area contributed by atoms with Crippen LogP contribution in [0.5, 0.6) is 0 Å². The first-order valence-electron chi connectivity index (χ1n) is 8.02. The van der Waals surface area contributed by atoms with Crippen LogP contribution in [0.1, 0.15) is 11.6 Å². The number of nitrogens with zero attached hydrogens (tertiary/aromatic N) is 6. The molecular weight excluding hydrogens is 332 g/mol. The van der Waals surface area contributed by atoms with Crippen molar-refractivity contribution in [2.75, 3.05) is 0 Å². The van der Waals surface area contributed by atoms with Crippen LogP contribution < -0.4 is 0 Å². The Morgan fingerprint density at radius 1 is 1.04 bits per heavy atom. The maximum Gasteiger partial charge on any atom is 0.271 e. The second-order valence-electron chi connectivity index (χ2n) is 6.11. The Hall–Kier alpha value is -3.55. The van der Waals surface area contributed by atoms with Crippen LogP contribution in [0.3, 0.4) is 0 Å². The summed E-state index contributed by atoms with van der Waals surface area (Å²) in [7, 11) is 3.83. The van der Waals surface area contributed by atoms with Crippen molar-refractivity contribution >= 4 is 39.7 Å². The zero-order chi connectivity index (χ0) is 18.4. The SMILES string of the molecule is Cc1nc2cc(N=Cc3nc4cc([N+](=O)[O-])ccc4n3C)ccc2n1C. The van der Waals surface area contributed by atoms with Crippen LogP contribution in [0.15, 0.2) is 41.4 Å². The predicted molar refractivity (Wildman–Crippen MR) is 100 cm³/mol. The summed E-state index contributed by atoms with van der Waals surface area (Å²) < 4.78 is 3.88. The van der Waals surface area contributed by atoms with E-state index in [1.807, 2.05) is 48.4 Å². The average Bonchev–Trinajstić information content (AvgIpc) is 3.09. The van der Waals surface area contributed by atoms with Crippen molar-refractivity contribution in [2.45, 2.75) is 6.92 Å². The zero-order valence-corrected chi connectivity index (χ0v) is 14.5. The molecule has 0 radical (unpaired) electrons. The minimum atomic E-state index is -0.425. The van der Waals surface area contributed by atoms with Gasteiger partial charge in [0, 0.05) is 26.2 Å². The molecule has 4 aromatic rings. The number of aromatic nitrogens is 4. The Bertz CT molecular complexity index is 1200. The molecule has 0 amide bonds. The molecule has 2 aromatic carbocycles. The highest BCUT2D eigenvalue weighted by Gasteiger charge is 2.11. The topological polar surface area (TPSA) is 91.1 Å². The van der Waals surface area contributed by atoms with E-state index in [1.54, 1.807) is 12.3 Å². The van der Waals surface area contributed by atoms with Crippen LogP contribution in [0.25, 0.3) is 22.1 Å². The number of hydrogen-bond acceptors (Lipinski definition) is 5. The molecule has 0 spiro atoms. The molecule has 2 aromatic heterocycles. The molecule has 0 atom stereocenters. The van der Waals surface area contributed by atoms with Gasteiger partial charge in [0.05, 0.1) is 38.9 Å². The van der Waals surface area contributed by atoms with E-state index in [4.69, 9.17) is 0 Å². The highest BCUT2D eigenvalue weighted by atomic mass is 16.6. The van der Waals surface area contributed by atoms with Gasteiger partial charge in [-0.3, -0.25) is 15.1 Å². The fourth-order valence-electron chi connectivity index (χ4n) is 2.96. The summed E-state index contributed by atoms with van der Waals surface area (Å²) in [6.45, 7) is 1.96. The van der Waals surface area contributed by atoms with Gasteiger partial charge in [0.1, 0.15) is 5.82 Å². The number of aryl methyl sites for hydroxylation is 3. The lowest BCUT2D eigenvalue weighted by atomic mass is 10.3. The van der Waals surface area contributed by atoms with E-state index in [-0.39, 0.29) is 5.69 Å². The van der Waals surface area contributed by atoms with Crippen molar-refractivity contribution in [3.05, 3.63) is 58.2 Å². The fourth-order valence-corrected chi connectivity index (χ4v) is 2.96. The second kappa shape index (κ2) is 5.76. The molecule has 130 valence electrons. The molecule has 2 heterocycles. The zero-order valence-electron chi connectivity index (χ0n) is 14.5. The Balaban J connectivity index is 1.72. The van der Waals surface area contributed by atoms with Gasteiger partial charge in [0.2, 0.25) is 0 Å². The summed E-state index contributed by atoms with van der Waals surface area (Å²) in [4.78, 5) is 23.9. The molecule has 0 fully saturated rings. The van der Waals surface area contributed by atoms with Gasteiger partial charge in [-0.1, -0.05) is 0 Å². The summed E-state index contributed by atoms with van der Waals surface area (Å²) >= 11 is 0. The number of nitro benzene ring substituents is 1. The Kier molecular flexibility index (Phi) is 3.54. The van der Waals surface area contributed by atoms with Gasteiger partial charge in [0.25, 0.3) is 5.69 Å². The summed E-state index contributed by atoms with van der Waals surface area (Å²) in [5, 5.41) is 10.9. The predicted octanol–water partition coefficient (Wildman–Crippen LogP) is 3.43. The van der Waals surface area contributed by atoms with Crippen molar-refractivity contribution in [1.29, 1.82) is 0 Å². The normalized spacial score (nSPS) is 11.8. The van der Waals surface area contributed by atoms with Crippen LogP contribution in [-0.2, 0) is 14.1 Å². The molecule has 0 saturated carbocycles. The van der Waals surface area contributed by atoms with E-state index in [0.717, 1.165) is 28.1 Å². The molecule has 8 heteroatoms. The lowest BCUT2D eigenvalue weighted by molar-refractivity contribution is -0.384. The van der Waals surface area contributed by atoms with Gasteiger partial charge < -0.3 is 9.13 Å². The number of aliphatic imine (C=N–C) groups is 1. The lowest BCUT2D eigenvalue weighted by Crippen LogP contribution is -1.95. The van der Waals surface area contributed by atoms with Crippen LogP contribution in [-0.4, -0.2) is 30.2 Å². The van der Waals surface area contributed by atoms with E-state index >= 15 is 0 Å². The minimum absolute atomic E-state index is 0.0232. The lowest BCUT2D eigenvalue weighted by Gasteiger charge is -1.98. The van der Waals surface area contributed by atoms with Gasteiger partial charge in [-0.15, -0.1) is 0 Å². The van der Waals surface area contributed by atoms with Crippen LogP contribution in [0.4, 0.5) is 11.4 Å². The van der Waals surface area contributed by atoms with Crippen molar-refractivity contribution < 1.29 is 4.92 Å². The molecule has 0 N–H and O–H groups in total. The largest absolute Gasteiger partial charge is 0.331 e. The van der Waals surface area contributed by atoms with Crippen LogP contribution >= 0.6 is 0 Å². The number of non-ortho nitro benzene ring substituents is 1. The third-order valence-electron chi connectivity index (χ3n) is 4.53. The molecule has 0 aliphatic rings. The summed E-state index contributed by atoms with van der Waals surface area (Å²) in [5.41, 5.74) is 4.12.